The number of allylic oxidation sites excluding steroid dienone is 2. The van der Waals surface area contributed by atoms with E-state index in [1.54, 1.807) is 24.3 Å². The molecule has 1 atom stereocenters. The number of amidine groups is 2. The minimum atomic E-state index is -5.09. The molecule has 0 fully saturated rings. The summed E-state index contributed by atoms with van der Waals surface area (Å²) in [4.78, 5) is 20.6. The molecule has 1 aromatic carbocycles. The van der Waals surface area contributed by atoms with Crippen molar-refractivity contribution in [2.75, 3.05) is 7.11 Å². The van der Waals surface area contributed by atoms with E-state index >= 15 is 0 Å². The van der Waals surface area contributed by atoms with E-state index < -0.39 is 17.8 Å². The fourth-order valence-electron chi connectivity index (χ4n) is 2.51. The molecule has 0 spiro atoms. The molecule has 0 saturated carbocycles. The Balaban J connectivity index is 2.27. The third kappa shape index (κ3) is 2.90. The molecule has 0 aliphatic carbocycles. The van der Waals surface area contributed by atoms with Gasteiger partial charge in [0.2, 0.25) is 0 Å². The fraction of sp³-hybridized carbons (Fsp3) is 0.235. The predicted molar refractivity (Wildman–Crippen MR) is 90.9 cm³/mol. The number of halogens is 4. The molecule has 9 heteroatoms. The van der Waals surface area contributed by atoms with Gasteiger partial charge in [0.1, 0.15) is 11.7 Å². The number of alkyl halides is 3. The Kier molecular flexibility index (Phi) is 4.39. The summed E-state index contributed by atoms with van der Waals surface area (Å²) in [6.07, 6.45) is -1.04. The Bertz CT molecular complexity index is 872. The number of fused-ring (bicyclic) bond motifs is 1. The molecule has 3 rings (SSSR count). The summed E-state index contributed by atoms with van der Waals surface area (Å²) in [6, 6.07) is 6.66. The molecule has 2 heterocycles. The number of benzene rings is 1. The van der Waals surface area contributed by atoms with Gasteiger partial charge in [-0.1, -0.05) is 41.4 Å². The van der Waals surface area contributed by atoms with Crippen LogP contribution >= 0.6 is 11.6 Å². The molecule has 136 valence electrons. The highest BCUT2D eigenvalue weighted by atomic mass is 35.5. The van der Waals surface area contributed by atoms with Crippen molar-refractivity contribution in [1.82, 2.24) is 4.90 Å². The third-order valence-electron chi connectivity index (χ3n) is 3.84. The van der Waals surface area contributed by atoms with E-state index in [0.29, 0.717) is 5.56 Å². The maximum atomic E-state index is 13.8. The maximum absolute atomic E-state index is 13.8. The second kappa shape index (κ2) is 6.28. The Labute approximate surface area is 152 Å². The van der Waals surface area contributed by atoms with E-state index in [1.807, 2.05) is 6.92 Å². The molecule has 5 nitrogen and oxygen atoms in total. The summed E-state index contributed by atoms with van der Waals surface area (Å²) >= 11 is 5.97. The fourth-order valence-corrected chi connectivity index (χ4v) is 2.67. The number of hydrogen-bond donors (Lipinski definition) is 0. The first-order chi connectivity index (χ1) is 12.2. The van der Waals surface area contributed by atoms with E-state index in [9.17, 15) is 18.0 Å². The third-order valence-corrected chi connectivity index (χ3v) is 4.06. The molecule has 2 aliphatic heterocycles. The molecule has 2 aliphatic rings. The van der Waals surface area contributed by atoms with Crippen molar-refractivity contribution in [2.45, 2.75) is 18.8 Å². The van der Waals surface area contributed by atoms with Crippen molar-refractivity contribution in [2.24, 2.45) is 9.98 Å². The van der Waals surface area contributed by atoms with Crippen LogP contribution in [-0.2, 0) is 9.53 Å². The zero-order valence-electron chi connectivity index (χ0n) is 13.7. The maximum Gasteiger partial charge on any atom is 0.445 e. The Morgan fingerprint density at radius 1 is 1.19 bits per heavy atom. The number of aryl methyl sites for hydroxylation is 1. The highest BCUT2D eigenvalue weighted by molar-refractivity contribution is 6.32. The van der Waals surface area contributed by atoms with Gasteiger partial charge in [-0.3, -0.25) is 4.90 Å². The van der Waals surface area contributed by atoms with Crippen LogP contribution in [0.3, 0.4) is 0 Å². The minimum Gasteiger partial charge on any atom is -0.465 e. The van der Waals surface area contributed by atoms with Crippen LogP contribution in [0.1, 0.15) is 11.1 Å². The smallest absolute Gasteiger partial charge is 0.445 e. The molecule has 0 aromatic heterocycles. The zero-order valence-corrected chi connectivity index (χ0v) is 14.5. The highest BCUT2D eigenvalue weighted by Crippen LogP contribution is 2.40. The molecule has 0 bridgehead atoms. The van der Waals surface area contributed by atoms with Gasteiger partial charge < -0.3 is 4.74 Å². The topological polar surface area (TPSA) is 54.3 Å². The predicted octanol–water partition coefficient (Wildman–Crippen LogP) is 3.54. The van der Waals surface area contributed by atoms with Crippen molar-refractivity contribution < 1.29 is 22.7 Å². The first-order valence-corrected chi connectivity index (χ1v) is 7.82. The van der Waals surface area contributed by atoms with Crippen molar-refractivity contribution in [1.29, 1.82) is 0 Å². The summed E-state index contributed by atoms with van der Waals surface area (Å²) in [7, 11) is 0.858. The van der Waals surface area contributed by atoms with Gasteiger partial charge in [0.15, 0.2) is 0 Å². The van der Waals surface area contributed by atoms with Gasteiger partial charge in [0.05, 0.1) is 12.1 Å². The number of ether oxygens (including phenoxy) is 1. The SMILES string of the molecule is COC(=O)[C@@]1(C(F)(F)F)N=C2C=CC(Cl)=CN2C(c2ccc(C)cc2)=N1. The van der Waals surface area contributed by atoms with E-state index in [0.717, 1.165) is 12.7 Å². The van der Waals surface area contributed by atoms with E-state index in [2.05, 4.69) is 14.7 Å². The standard InChI is InChI=1S/C17H13ClF3N3O2/c1-10-3-5-11(6-4-10)14-23-16(15(25)26-2,17(19,20)21)22-13-8-7-12(18)9-24(13)14/h3-9H,1-2H3/t16-/m1/s1. The van der Waals surface area contributed by atoms with Crippen LogP contribution in [0.2, 0.25) is 0 Å². The van der Waals surface area contributed by atoms with Crippen LogP contribution in [0.15, 0.2) is 57.6 Å². The number of aliphatic imine (C=N–C) groups is 2. The summed E-state index contributed by atoms with van der Waals surface area (Å²) in [5.74, 6) is -1.85. The van der Waals surface area contributed by atoms with Crippen LogP contribution in [0.25, 0.3) is 0 Å². The van der Waals surface area contributed by atoms with Gasteiger partial charge in [-0.05, 0) is 19.1 Å². The second-order valence-corrected chi connectivity index (χ2v) is 6.09. The average Bonchev–Trinajstić information content (AvgIpc) is 2.60. The molecule has 1 aromatic rings. The highest BCUT2D eigenvalue weighted by Gasteiger charge is 2.64. The van der Waals surface area contributed by atoms with Gasteiger partial charge in [-0.15, -0.1) is 0 Å². The molecule has 0 N–H and O–H groups in total. The zero-order chi connectivity index (χ0) is 19.1. The van der Waals surface area contributed by atoms with Crippen LogP contribution in [0.4, 0.5) is 13.2 Å². The van der Waals surface area contributed by atoms with Gasteiger partial charge >= 0.3 is 17.8 Å². The number of esters is 1. The largest absolute Gasteiger partial charge is 0.465 e. The average molecular weight is 384 g/mol. The van der Waals surface area contributed by atoms with Crippen molar-refractivity contribution in [3.8, 4) is 0 Å². The number of methoxy groups -OCH3 is 1. The lowest BCUT2D eigenvalue weighted by Crippen LogP contribution is -2.55. The van der Waals surface area contributed by atoms with Crippen LogP contribution < -0.4 is 0 Å². The van der Waals surface area contributed by atoms with Gasteiger partial charge in [-0.25, -0.2) is 14.8 Å². The quantitative estimate of drug-likeness (QED) is 0.734. The summed E-state index contributed by atoms with van der Waals surface area (Å²) in [5, 5.41) is 0.279. The van der Waals surface area contributed by atoms with E-state index in [-0.39, 0.29) is 16.7 Å². The number of carbonyl (C=O) groups is 1. The van der Waals surface area contributed by atoms with Crippen LogP contribution in [0.5, 0.6) is 0 Å². The van der Waals surface area contributed by atoms with Crippen LogP contribution in [0, 0.1) is 6.92 Å². The van der Waals surface area contributed by atoms with Crippen molar-refractivity contribution in [3.05, 3.63) is 58.8 Å². The van der Waals surface area contributed by atoms with Crippen molar-refractivity contribution in [3.63, 3.8) is 0 Å². The normalized spacial score (nSPS) is 22.2. The first kappa shape index (κ1) is 18.2. The van der Waals surface area contributed by atoms with Gasteiger partial charge in [0.25, 0.3) is 0 Å². The molecular formula is C17H13ClF3N3O2. The second-order valence-electron chi connectivity index (χ2n) is 5.65. The summed E-state index contributed by atoms with van der Waals surface area (Å²) < 4.78 is 45.8. The first-order valence-electron chi connectivity index (χ1n) is 7.44. The van der Waals surface area contributed by atoms with E-state index in [4.69, 9.17) is 11.6 Å². The Morgan fingerprint density at radius 2 is 1.85 bits per heavy atom. The molecule has 26 heavy (non-hydrogen) atoms. The molecule has 0 amide bonds. The monoisotopic (exact) mass is 383 g/mol. The molecular weight excluding hydrogens is 371 g/mol. The number of hydrogen-bond acceptors (Lipinski definition) is 5. The summed E-state index contributed by atoms with van der Waals surface area (Å²) in [5.41, 5.74) is -2.09. The van der Waals surface area contributed by atoms with E-state index in [1.165, 1.54) is 23.3 Å². The molecule has 0 unspecified atom stereocenters. The lowest BCUT2D eigenvalue weighted by molar-refractivity contribution is -0.202. The molecule has 0 saturated heterocycles. The van der Waals surface area contributed by atoms with Gasteiger partial charge in [0, 0.05) is 11.8 Å². The number of nitrogens with zero attached hydrogens (tertiary/aromatic N) is 3. The van der Waals surface area contributed by atoms with Crippen molar-refractivity contribution >= 4 is 29.2 Å². The summed E-state index contributed by atoms with van der Waals surface area (Å²) in [6.45, 7) is 1.84. The Hall–Kier alpha value is -2.61. The number of carbonyl (C=O) groups excluding carboxylic acids is 1. The lowest BCUT2D eigenvalue weighted by Gasteiger charge is -2.36. The van der Waals surface area contributed by atoms with Crippen LogP contribution in [-0.4, -0.2) is 41.5 Å². The minimum absolute atomic E-state index is 0.111. The lowest BCUT2D eigenvalue weighted by atomic mass is 10.1. The van der Waals surface area contributed by atoms with Gasteiger partial charge in [-0.2, -0.15) is 13.2 Å². The Morgan fingerprint density at radius 3 is 2.42 bits per heavy atom. The number of rotatable bonds is 2. The molecule has 0 radical (unpaired) electrons.